The summed E-state index contributed by atoms with van der Waals surface area (Å²) in [7, 11) is 0. The Bertz CT molecular complexity index is 423. The fraction of sp³-hybridized carbons (Fsp3) is 0.688. The lowest BCUT2D eigenvalue weighted by atomic mass is 10.3. The number of nitrogens with two attached hydrogens (primary N) is 1. The molecule has 0 aliphatic carbocycles. The Morgan fingerprint density at radius 2 is 1.65 bits per heavy atom. The average molecular weight is 385 g/mol. The van der Waals surface area contributed by atoms with Crippen LogP contribution in [0.1, 0.15) is 41.0 Å². The van der Waals surface area contributed by atoms with E-state index >= 15 is 0 Å². The highest BCUT2D eigenvalue weighted by molar-refractivity contribution is 5.84. The number of carbonyl (C=O) groups is 3. The van der Waals surface area contributed by atoms with Crippen LogP contribution in [0, 0.1) is 0 Å². The zero-order valence-electron chi connectivity index (χ0n) is 16.0. The molecule has 3 N–H and O–H groups in total. The molecule has 7 nitrogen and oxygen atoms in total. The van der Waals surface area contributed by atoms with Crippen LogP contribution in [-0.4, -0.2) is 55.2 Å². The van der Waals surface area contributed by atoms with Gasteiger partial charge in [-0.15, -0.1) is 0 Å². The largest absolute Gasteiger partial charge is 0.397 e. The van der Waals surface area contributed by atoms with Gasteiger partial charge in [0.1, 0.15) is 13.2 Å². The van der Waals surface area contributed by atoms with Crippen molar-refractivity contribution in [1.29, 1.82) is 0 Å². The molecule has 0 aromatic heterocycles. The van der Waals surface area contributed by atoms with Crippen molar-refractivity contribution in [2.75, 3.05) is 26.4 Å². The standard InChI is InChI=1S/C10H16F3N3O4.C4H8.C2H6/c1-7(17)15-6-20-3-2-16(5-8(14)18)9(19)4-10(11,12)13;1-3-4-2;1-2/h2-6H2,1H3,(H2,14,18)(H,15,17);3-4H,1-2H3;1-2H3/b;4-3-;. The molecule has 0 atom stereocenters. The molecule has 0 saturated carbocycles. The van der Waals surface area contributed by atoms with Crippen LogP contribution in [0.15, 0.2) is 12.2 Å². The van der Waals surface area contributed by atoms with Crippen molar-refractivity contribution in [1.82, 2.24) is 10.2 Å². The van der Waals surface area contributed by atoms with Crippen molar-refractivity contribution in [3.05, 3.63) is 12.2 Å². The second-order valence-electron chi connectivity index (χ2n) is 4.53. The summed E-state index contributed by atoms with van der Waals surface area (Å²) in [5.41, 5.74) is 4.85. The summed E-state index contributed by atoms with van der Waals surface area (Å²) in [6, 6.07) is 0. The Balaban J connectivity index is -0.000000769. The normalized spacial score (nSPS) is 10.2. The number of nitrogens with zero attached hydrogens (tertiary/aromatic N) is 1. The molecular weight excluding hydrogens is 355 g/mol. The number of alkyl halides is 3. The molecule has 10 heteroatoms. The highest BCUT2D eigenvalue weighted by atomic mass is 19.4. The third-order valence-corrected chi connectivity index (χ3v) is 2.31. The number of allylic oxidation sites excluding steroid dienone is 2. The minimum Gasteiger partial charge on any atom is -0.368 e. The van der Waals surface area contributed by atoms with Gasteiger partial charge < -0.3 is 20.7 Å². The van der Waals surface area contributed by atoms with E-state index in [4.69, 9.17) is 10.5 Å². The predicted molar refractivity (Wildman–Crippen MR) is 92.9 cm³/mol. The van der Waals surface area contributed by atoms with Crippen LogP contribution in [0.3, 0.4) is 0 Å². The fourth-order valence-corrected chi connectivity index (χ4v) is 1.16. The molecule has 0 bridgehead atoms. The summed E-state index contributed by atoms with van der Waals surface area (Å²) >= 11 is 0. The molecule has 154 valence electrons. The van der Waals surface area contributed by atoms with Gasteiger partial charge >= 0.3 is 6.18 Å². The number of rotatable bonds is 8. The molecule has 0 unspecified atom stereocenters. The maximum atomic E-state index is 12.1. The van der Waals surface area contributed by atoms with Gasteiger partial charge in [-0.05, 0) is 13.8 Å². The highest BCUT2D eigenvalue weighted by Gasteiger charge is 2.33. The summed E-state index contributed by atoms with van der Waals surface area (Å²) in [6.07, 6.45) is -2.34. The first-order chi connectivity index (χ1) is 12.0. The molecular formula is C16H30F3N3O4. The van der Waals surface area contributed by atoms with E-state index in [1.54, 1.807) is 0 Å². The Hall–Kier alpha value is -2.10. The Morgan fingerprint density at radius 3 is 2.00 bits per heavy atom. The van der Waals surface area contributed by atoms with Gasteiger partial charge in [-0.1, -0.05) is 26.0 Å². The molecule has 0 radical (unpaired) electrons. The first-order valence-electron chi connectivity index (χ1n) is 8.05. The predicted octanol–water partition coefficient (Wildman–Crippen LogP) is 1.97. The molecule has 0 saturated heterocycles. The molecule has 0 aliphatic heterocycles. The van der Waals surface area contributed by atoms with Gasteiger partial charge in [0.25, 0.3) is 0 Å². The van der Waals surface area contributed by atoms with Crippen LogP contribution in [0.5, 0.6) is 0 Å². The number of primary amides is 1. The monoisotopic (exact) mass is 385 g/mol. The van der Waals surface area contributed by atoms with Crippen LogP contribution in [-0.2, 0) is 19.1 Å². The average Bonchev–Trinajstić information content (AvgIpc) is 2.53. The zero-order valence-corrected chi connectivity index (χ0v) is 16.0. The van der Waals surface area contributed by atoms with Crippen LogP contribution in [0.2, 0.25) is 0 Å². The van der Waals surface area contributed by atoms with Gasteiger partial charge in [0, 0.05) is 13.5 Å². The van der Waals surface area contributed by atoms with E-state index in [9.17, 15) is 27.6 Å². The molecule has 26 heavy (non-hydrogen) atoms. The van der Waals surface area contributed by atoms with Crippen LogP contribution >= 0.6 is 0 Å². The van der Waals surface area contributed by atoms with E-state index in [0.717, 1.165) is 0 Å². The number of hydrogen-bond donors (Lipinski definition) is 2. The summed E-state index contributed by atoms with van der Waals surface area (Å²) in [5, 5.41) is 2.29. The molecule has 0 aliphatic rings. The van der Waals surface area contributed by atoms with Gasteiger partial charge in [0.15, 0.2) is 0 Å². The van der Waals surface area contributed by atoms with Crippen molar-refractivity contribution < 1.29 is 32.3 Å². The number of amides is 3. The minimum absolute atomic E-state index is 0.142. The SMILES string of the molecule is C/C=C\C.CC.CC(=O)NCOCCN(CC(N)=O)C(=O)CC(F)(F)F. The topological polar surface area (TPSA) is 102 Å². The maximum absolute atomic E-state index is 12.1. The fourth-order valence-electron chi connectivity index (χ4n) is 1.16. The molecule has 0 heterocycles. The zero-order chi connectivity index (χ0) is 21.2. The smallest absolute Gasteiger partial charge is 0.368 e. The van der Waals surface area contributed by atoms with E-state index in [1.807, 2.05) is 39.8 Å². The lowest BCUT2D eigenvalue weighted by molar-refractivity contribution is -0.163. The molecule has 0 rings (SSSR count). The van der Waals surface area contributed by atoms with Crippen LogP contribution < -0.4 is 11.1 Å². The molecule has 0 fully saturated rings. The number of nitrogens with one attached hydrogen (secondary N) is 1. The van der Waals surface area contributed by atoms with Crippen molar-refractivity contribution in [2.24, 2.45) is 5.73 Å². The van der Waals surface area contributed by atoms with Crippen LogP contribution in [0.4, 0.5) is 13.2 Å². The second kappa shape index (κ2) is 17.7. The first-order valence-corrected chi connectivity index (χ1v) is 8.05. The Kier molecular flexibility index (Phi) is 19.5. The Labute approximate surface area is 152 Å². The second-order valence-corrected chi connectivity index (χ2v) is 4.53. The van der Waals surface area contributed by atoms with Gasteiger partial charge in [-0.25, -0.2) is 0 Å². The molecule has 0 aromatic carbocycles. The van der Waals surface area contributed by atoms with E-state index in [1.165, 1.54) is 6.92 Å². The molecule has 0 aromatic rings. The van der Waals surface area contributed by atoms with Gasteiger partial charge in [0.05, 0.1) is 13.2 Å². The summed E-state index contributed by atoms with van der Waals surface area (Å²) < 4.78 is 41.2. The summed E-state index contributed by atoms with van der Waals surface area (Å²) in [6.45, 7) is 8.11. The minimum atomic E-state index is -4.66. The number of carbonyl (C=O) groups excluding carboxylic acids is 3. The highest BCUT2D eigenvalue weighted by Crippen LogP contribution is 2.20. The third-order valence-electron chi connectivity index (χ3n) is 2.31. The third kappa shape index (κ3) is 24.2. The van der Waals surface area contributed by atoms with Crippen molar-refractivity contribution in [3.63, 3.8) is 0 Å². The van der Waals surface area contributed by atoms with E-state index in [0.29, 0.717) is 4.90 Å². The summed E-state index contributed by atoms with van der Waals surface area (Å²) in [4.78, 5) is 33.2. The van der Waals surface area contributed by atoms with E-state index in [-0.39, 0.29) is 25.8 Å². The molecule has 0 spiro atoms. The van der Waals surface area contributed by atoms with Crippen molar-refractivity contribution >= 4 is 17.7 Å². The van der Waals surface area contributed by atoms with Gasteiger partial charge in [-0.3, -0.25) is 14.4 Å². The quantitative estimate of drug-likeness (QED) is 0.379. The lowest BCUT2D eigenvalue weighted by Crippen LogP contribution is -2.42. The maximum Gasteiger partial charge on any atom is 0.397 e. The molecule has 3 amide bonds. The first kappa shape index (κ1) is 28.7. The number of ether oxygens (including phenoxy) is 1. The van der Waals surface area contributed by atoms with E-state index < -0.39 is 31.0 Å². The summed E-state index contributed by atoms with van der Waals surface area (Å²) in [5.74, 6) is -2.53. The van der Waals surface area contributed by atoms with Gasteiger partial charge in [0.2, 0.25) is 17.7 Å². The number of hydrogen-bond acceptors (Lipinski definition) is 4. The van der Waals surface area contributed by atoms with Crippen molar-refractivity contribution in [3.8, 4) is 0 Å². The van der Waals surface area contributed by atoms with E-state index in [2.05, 4.69) is 5.32 Å². The lowest BCUT2D eigenvalue weighted by Gasteiger charge is -2.21. The Morgan fingerprint density at radius 1 is 1.15 bits per heavy atom. The van der Waals surface area contributed by atoms with Crippen LogP contribution in [0.25, 0.3) is 0 Å². The number of halogens is 3. The van der Waals surface area contributed by atoms with Crippen molar-refractivity contribution in [2.45, 2.75) is 47.2 Å². The van der Waals surface area contributed by atoms with Gasteiger partial charge in [-0.2, -0.15) is 13.2 Å².